The number of aromatic nitrogens is 2. The topological polar surface area (TPSA) is 87.5 Å². The Kier molecular flexibility index (Phi) is 6.08. The molecule has 8 nitrogen and oxygen atoms in total. The number of hydrogen-bond acceptors (Lipinski definition) is 6. The van der Waals surface area contributed by atoms with Gasteiger partial charge in [-0.2, -0.15) is 4.31 Å². The summed E-state index contributed by atoms with van der Waals surface area (Å²) in [6.45, 7) is 2.28. The van der Waals surface area contributed by atoms with E-state index >= 15 is 0 Å². The standard InChI is InChI=1S/C17H23N5O3S2/c1-20-8-7-18-17(20)26-13-16(23)19-14-3-5-15(6-4-14)21-9-11-22(12-10-21)27(2,24)25/h3-8H,9-13H2,1-2H3,(H,19,23). The third kappa shape index (κ3) is 5.24. The number of nitrogens with zero attached hydrogens (tertiary/aromatic N) is 4. The number of rotatable bonds is 6. The fraction of sp³-hybridized carbons (Fsp3) is 0.412. The number of hydrogen-bond donors (Lipinski definition) is 1. The highest BCUT2D eigenvalue weighted by atomic mass is 32.2. The van der Waals surface area contributed by atoms with E-state index in [1.807, 2.05) is 42.1 Å². The molecule has 2 heterocycles. The molecule has 3 rings (SSSR count). The first-order valence-electron chi connectivity index (χ1n) is 8.53. The van der Waals surface area contributed by atoms with Crippen LogP contribution < -0.4 is 10.2 Å². The van der Waals surface area contributed by atoms with Crippen LogP contribution in [0.25, 0.3) is 0 Å². The number of amides is 1. The molecular formula is C17H23N5O3S2. The molecule has 1 aliphatic rings. The third-order valence-corrected chi connectivity index (χ3v) is 6.69. The van der Waals surface area contributed by atoms with Crippen LogP contribution >= 0.6 is 11.8 Å². The number of thioether (sulfide) groups is 1. The largest absolute Gasteiger partial charge is 0.369 e. The number of anilines is 2. The normalized spacial score (nSPS) is 15.7. The van der Waals surface area contributed by atoms with Crippen LogP contribution in [0.2, 0.25) is 0 Å². The molecule has 1 aliphatic heterocycles. The van der Waals surface area contributed by atoms with E-state index in [1.54, 1.807) is 6.20 Å². The molecule has 1 amide bonds. The molecular weight excluding hydrogens is 386 g/mol. The molecule has 0 spiro atoms. The Bertz CT molecular complexity index is 888. The Morgan fingerprint density at radius 2 is 1.85 bits per heavy atom. The SMILES string of the molecule is Cn1ccnc1SCC(=O)Nc1ccc(N2CCN(S(C)(=O)=O)CC2)cc1. The van der Waals surface area contributed by atoms with Crippen molar-refractivity contribution in [1.29, 1.82) is 0 Å². The van der Waals surface area contributed by atoms with Crippen LogP contribution in [0.5, 0.6) is 0 Å². The highest BCUT2D eigenvalue weighted by Crippen LogP contribution is 2.21. The zero-order valence-electron chi connectivity index (χ0n) is 15.3. The lowest BCUT2D eigenvalue weighted by molar-refractivity contribution is -0.113. The minimum absolute atomic E-state index is 0.0856. The molecule has 0 atom stereocenters. The molecule has 27 heavy (non-hydrogen) atoms. The van der Waals surface area contributed by atoms with Crippen molar-refractivity contribution in [2.45, 2.75) is 5.16 Å². The van der Waals surface area contributed by atoms with Gasteiger partial charge in [0.2, 0.25) is 15.9 Å². The van der Waals surface area contributed by atoms with Crippen molar-refractivity contribution >= 4 is 39.1 Å². The van der Waals surface area contributed by atoms with Crippen molar-refractivity contribution < 1.29 is 13.2 Å². The summed E-state index contributed by atoms with van der Waals surface area (Å²) in [4.78, 5) is 18.4. The van der Waals surface area contributed by atoms with E-state index in [2.05, 4.69) is 15.2 Å². The zero-order valence-corrected chi connectivity index (χ0v) is 17.0. The van der Waals surface area contributed by atoms with Crippen molar-refractivity contribution in [3.63, 3.8) is 0 Å². The van der Waals surface area contributed by atoms with Gasteiger partial charge in [-0.1, -0.05) is 11.8 Å². The summed E-state index contributed by atoms with van der Waals surface area (Å²) in [5.74, 6) is 0.206. The van der Waals surface area contributed by atoms with Crippen LogP contribution in [-0.2, 0) is 21.9 Å². The molecule has 0 saturated carbocycles. The lowest BCUT2D eigenvalue weighted by Gasteiger charge is -2.34. The summed E-state index contributed by atoms with van der Waals surface area (Å²) in [7, 11) is -1.23. The van der Waals surface area contributed by atoms with Crippen molar-refractivity contribution in [3.8, 4) is 0 Å². The number of imidazole rings is 1. The number of nitrogens with one attached hydrogen (secondary N) is 1. The second-order valence-electron chi connectivity index (χ2n) is 6.35. The van der Waals surface area contributed by atoms with Crippen LogP contribution in [0.4, 0.5) is 11.4 Å². The maximum absolute atomic E-state index is 12.1. The Morgan fingerprint density at radius 3 is 2.41 bits per heavy atom. The fourth-order valence-corrected chi connectivity index (χ4v) is 4.41. The highest BCUT2D eigenvalue weighted by molar-refractivity contribution is 7.99. The molecule has 1 saturated heterocycles. The van der Waals surface area contributed by atoms with E-state index in [9.17, 15) is 13.2 Å². The number of aryl methyl sites for hydroxylation is 1. The van der Waals surface area contributed by atoms with E-state index in [0.29, 0.717) is 31.9 Å². The van der Waals surface area contributed by atoms with E-state index in [-0.39, 0.29) is 5.91 Å². The van der Waals surface area contributed by atoms with Gasteiger partial charge in [0.25, 0.3) is 0 Å². The fourth-order valence-electron chi connectivity index (χ4n) is 2.85. The summed E-state index contributed by atoms with van der Waals surface area (Å²) in [5, 5.41) is 3.68. The molecule has 0 aliphatic carbocycles. The minimum atomic E-state index is -3.13. The van der Waals surface area contributed by atoms with Crippen LogP contribution in [0.15, 0.2) is 41.8 Å². The first-order chi connectivity index (χ1) is 12.8. The van der Waals surface area contributed by atoms with Crippen molar-refractivity contribution in [3.05, 3.63) is 36.7 Å². The van der Waals surface area contributed by atoms with Gasteiger partial charge in [-0.25, -0.2) is 13.4 Å². The van der Waals surface area contributed by atoms with Gasteiger partial charge in [-0.15, -0.1) is 0 Å². The lowest BCUT2D eigenvalue weighted by atomic mass is 10.2. The number of piperazine rings is 1. The van der Waals surface area contributed by atoms with Gasteiger partial charge in [0.05, 0.1) is 12.0 Å². The monoisotopic (exact) mass is 409 g/mol. The molecule has 1 N–H and O–H groups in total. The van der Waals surface area contributed by atoms with Gasteiger partial charge in [-0.3, -0.25) is 4.79 Å². The maximum atomic E-state index is 12.1. The molecule has 0 bridgehead atoms. The summed E-state index contributed by atoms with van der Waals surface area (Å²) in [5.41, 5.74) is 1.75. The van der Waals surface area contributed by atoms with Crippen molar-refractivity contribution in [1.82, 2.24) is 13.9 Å². The first kappa shape index (κ1) is 19.7. The quantitative estimate of drug-likeness (QED) is 0.722. The van der Waals surface area contributed by atoms with E-state index < -0.39 is 10.0 Å². The zero-order chi connectivity index (χ0) is 19.4. The van der Waals surface area contributed by atoms with E-state index in [1.165, 1.54) is 22.3 Å². The second kappa shape index (κ2) is 8.32. The average Bonchev–Trinajstić information content (AvgIpc) is 3.05. The van der Waals surface area contributed by atoms with Crippen LogP contribution in [0, 0.1) is 0 Å². The van der Waals surface area contributed by atoms with Crippen LogP contribution in [0.3, 0.4) is 0 Å². The van der Waals surface area contributed by atoms with Gasteiger partial charge < -0.3 is 14.8 Å². The molecule has 146 valence electrons. The molecule has 0 unspecified atom stereocenters. The van der Waals surface area contributed by atoms with Gasteiger partial charge >= 0.3 is 0 Å². The molecule has 1 aromatic heterocycles. The number of carbonyl (C=O) groups excluding carboxylic acids is 1. The highest BCUT2D eigenvalue weighted by Gasteiger charge is 2.23. The average molecular weight is 410 g/mol. The summed E-state index contributed by atoms with van der Waals surface area (Å²) in [6, 6.07) is 7.61. The predicted molar refractivity (Wildman–Crippen MR) is 108 cm³/mol. The third-order valence-electron chi connectivity index (χ3n) is 4.33. The second-order valence-corrected chi connectivity index (χ2v) is 9.28. The van der Waals surface area contributed by atoms with Crippen molar-refractivity contribution in [2.24, 2.45) is 7.05 Å². The molecule has 10 heteroatoms. The Hall–Kier alpha value is -2.04. The Morgan fingerprint density at radius 1 is 1.19 bits per heavy atom. The van der Waals surface area contributed by atoms with Gasteiger partial charge in [0.1, 0.15) is 0 Å². The van der Waals surface area contributed by atoms with Crippen molar-refractivity contribution in [2.75, 3.05) is 48.4 Å². The van der Waals surface area contributed by atoms with Gasteiger partial charge in [-0.05, 0) is 24.3 Å². The minimum Gasteiger partial charge on any atom is -0.369 e. The van der Waals surface area contributed by atoms with E-state index in [4.69, 9.17) is 0 Å². The number of benzene rings is 1. The Balaban J connectivity index is 1.50. The first-order valence-corrected chi connectivity index (χ1v) is 11.4. The van der Waals surface area contributed by atoms with Crippen LogP contribution in [0.1, 0.15) is 0 Å². The summed E-state index contributed by atoms with van der Waals surface area (Å²) in [6.07, 6.45) is 4.79. The molecule has 0 radical (unpaired) electrons. The van der Waals surface area contributed by atoms with Gasteiger partial charge in [0.15, 0.2) is 5.16 Å². The molecule has 2 aromatic rings. The summed E-state index contributed by atoms with van der Waals surface area (Å²) < 4.78 is 26.5. The van der Waals surface area contributed by atoms with E-state index in [0.717, 1.165) is 16.5 Å². The lowest BCUT2D eigenvalue weighted by Crippen LogP contribution is -2.48. The smallest absolute Gasteiger partial charge is 0.234 e. The van der Waals surface area contributed by atoms with Crippen LogP contribution in [-0.4, -0.2) is 66.4 Å². The maximum Gasteiger partial charge on any atom is 0.234 e. The molecule has 1 fully saturated rings. The van der Waals surface area contributed by atoms with Gasteiger partial charge in [0, 0.05) is 57.0 Å². The summed E-state index contributed by atoms with van der Waals surface area (Å²) >= 11 is 1.39. The Labute approximate surface area is 163 Å². The predicted octanol–water partition coefficient (Wildman–Crippen LogP) is 1.23. The molecule has 1 aromatic carbocycles. The number of sulfonamides is 1. The number of carbonyl (C=O) groups is 1.